The molecule has 3 fully saturated rings. The van der Waals surface area contributed by atoms with E-state index < -0.39 is 30.6 Å². The molecule has 0 unspecified atom stereocenters. The van der Waals surface area contributed by atoms with E-state index in [-0.39, 0.29) is 25.0 Å². The van der Waals surface area contributed by atoms with Crippen molar-refractivity contribution in [1.82, 2.24) is 9.80 Å². The molecule has 3 rings (SSSR count). The number of likely N-dealkylation sites (N-methyl/N-ethyl adjacent to an activating group) is 1. The Labute approximate surface area is 168 Å². The van der Waals surface area contributed by atoms with Gasteiger partial charge in [-0.15, -0.1) is 0 Å². The van der Waals surface area contributed by atoms with Gasteiger partial charge in [0.2, 0.25) is 12.0 Å². The van der Waals surface area contributed by atoms with Crippen molar-refractivity contribution < 1.29 is 37.3 Å². The predicted octanol–water partition coefficient (Wildman–Crippen LogP) is 2.32. The topological polar surface area (TPSA) is 79.3 Å². The highest BCUT2D eigenvalue weighted by Crippen LogP contribution is 2.38. The number of carbonyl (C=O) groups is 2. The van der Waals surface area contributed by atoms with Crippen LogP contribution in [-0.4, -0.2) is 84.2 Å². The fourth-order valence-electron chi connectivity index (χ4n) is 4.21. The second-order valence-corrected chi connectivity index (χ2v) is 8.44. The first-order valence-electron chi connectivity index (χ1n) is 10.2. The van der Waals surface area contributed by atoms with Crippen molar-refractivity contribution in [2.75, 3.05) is 33.4 Å². The molecule has 2 aliphatic heterocycles. The lowest BCUT2D eigenvalue weighted by atomic mass is 9.82. The van der Waals surface area contributed by atoms with E-state index in [9.17, 15) is 22.8 Å². The SMILES string of the molecule is CN(C(=O)CC1CCC1)[C@H]1COC2(CCN(C(=O)O[C@H](CO)C(F)(F)F)CC2)C1. The van der Waals surface area contributed by atoms with Gasteiger partial charge in [-0.25, -0.2) is 4.79 Å². The first kappa shape index (κ1) is 22.1. The normalized spacial score (nSPS) is 25.6. The molecule has 2 heterocycles. The molecule has 0 aromatic rings. The number of piperidine rings is 1. The molecule has 10 heteroatoms. The Hall–Kier alpha value is -1.55. The third-order valence-electron chi connectivity index (χ3n) is 6.53. The van der Waals surface area contributed by atoms with Crippen LogP contribution in [0.2, 0.25) is 0 Å². The van der Waals surface area contributed by atoms with Gasteiger partial charge in [-0.1, -0.05) is 6.42 Å². The van der Waals surface area contributed by atoms with E-state index in [0.29, 0.717) is 38.2 Å². The molecule has 7 nitrogen and oxygen atoms in total. The predicted molar refractivity (Wildman–Crippen MR) is 96.0 cm³/mol. The highest BCUT2D eigenvalue weighted by atomic mass is 19.4. The van der Waals surface area contributed by atoms with Crippen LogP contribution in [-0.2, 0) is 14.3 Å². The van der Waals surface area contributed by atoms with E-state index in [1.165, 1.54) is 11.3 Å². The summed E-state index contributed by atoms with van der Waals surface area (Å²) in [6.45, 7) is -0.459. The van der Waals surface area contributed by atoms with Crippen molar-refractivity contribution in [3.63, 3.8) is 0 Å². The summed E-state index contributed by atoms with van der Waals surface area (Å²) in [5.74, 6) is 0.624. The van der Waals surface area contributed by atoms with E-state index in [1.54, 1.807) is 11.9 Å². The number of rotatable bonds is 5. The maximum Gasteiger partial charge on any atom is 0.427 e. The summed E-state index contributed by atoms with van der Waals surface area (Å²) in [5.41, 5.74) is -0.465. The van der Waals surface area contributed by atoms with E-state index in [4.69, 9.17) is 9.84 Å². The summed E-state index contributed by atoms with van der Waals surface area (Å²) in [7, 11) is 1.80. The van der Waals surface area contributed by atoms with Gasteiger partial charge in [0, 0.05) is 26.6 Å². The summed E-state index contributed by atoms with van der Waals surface area (Å²) in [6, 6.07) is -0.0231. The third kappa shape index (κ3) is 5.14. The van der Waals surface area contributed by atoms with Gasteiger partial charge >= 0.3 is 12.3 Å². The highest BCUT2D eigenvalue weighted by molar-refractivity contribution is 5.76. The average Bonchev–Trinajstić information content (AvgIpc) is 3.04. The Morgan fingerprint density at radius 2 is 1.97 bits per heavy atom. The zero-order valence-corrected chi connectivity index (χ0v) is 16.6. The zero-order valence-electron chi connectivity index (χ0n) is 16.6. The number of carbonyl (C=O) groups excluding carboxylic acids is 2. The summed E-state index contributed by atoms with van der Waals surface area (Å²) < 4.78 is 48.4. The monoisotopic (exact) mass is 422 g/mol. The van der Waals surface area contributed by atoms with E-state index >= 15 is 0 Å². The molecule has 1 spiro atoms. The summed E-state index contributed by atoms with van der Waals surface area (Å²) in [5, 5.41) is 8.81. The van der Waals surface area contributed by atoms with Crippen molar-refractivity contribution in [2.24, 2.45) is 5.92 Å². The summed E-state index contributed by atoms with van der Waals surface area (Å²) in [6.07, 6.45) is -2.82. The Morgan fingerprint density at radius 3 is 2.48 bits per heavy atom. The van der Waals surface area contributed by atoms with Gasteiger partial charge in [-0.3, -0.25) is 4.79 Å². The molecule has 2 atom stereocenters. The van der Waals surface area contributed by atoms with Crippen LogP contribution in [0.25, 0.3) is 0 Å². The van der Waals surface area contributed by atoms with Gasteiger partial charge in [0.1, 0.15) is 0 Å². The lowest BCUT2D eigenvalue weighted by molar-refractivity contribution is -0.215. The number of hydrogen-bond acceptors (Lipinski definition) is 5. The van der Waals surface area contributed by atoms with Crippen molar-refractivity contribution in [2.45, 2.75) is 68.9 Å². The Kier molecular flexibility index (Phi) is 6.62. The number of halogens is 3. The van der Waals surface area contributed by atoms with E-state index in [0.717, 1.165) is 12.8 Å². The number of hydrogen-bond donors (Lipinski definition) is 1. The van der Waals surface area contributed by atoms with Crippen LogP contribution in [0.4, 0.5) is 18.0 Å². The fraction of sp³-hybridized carbons (Fsp3) is 0.895. The van der Waals surface area contributed by atoms with Crippen LogP contribution in [0.1, 0.15) is 44.9 Å². The first-order valence-corrected chi connectivity index (χ1v) is 10.2. The molecular weight excluding hydrogens is 393 g/mol. The quantitative estimate of drug-likeness (QED) is 0.736. The van der Waals surface area contributed by atoms with Crippen LogP contribution in [0.3, 0.4) is 0 Å². The lowest BCUT2D eigenvalue weighted by Gasteiger charge is -2.38. The standard InChI is InChI=1S/C19H29F3N2O5/c1-23(16(26)9-13-3-2-4-13)14-10-18(28-12-14)5-7-24(8-6-18)17(27)29-15(11-25)19(20,21)22/h13-15,25H,2-12H2,1H3/t14-,15-/m1/s1. The molecule has 166 valence electrons. The second kappa shape index (κ2) is 8.67. The summed E-state index contributed by atoms with van der Waals surface area (Å²) >= 11 is 0. The van der Waals surface area contributed by atoms with Crippen LogP contribution in [0.5, 0.6) is 0 Å². The molecule has 0 bridgehead atoms. The summed E-state index contributed by atoms with van der Waals surface area (Å²) in [4.78, 5) is 27.4. The van der Waals surface area contributed by atoms with Gasteiger partial charge in [0.05, 0.1) is 24.9 Å². The van der Waals surface area contributed by atoms with Crippen molar-refractivity contribution in [3.05, 3.63) is 0 Å². The molecule has 0 aromatic carbocycles. The minimum Gasteiger partial charge on any atom is -0.434 e. The molecule has 2 saturated heterocycles. The molecule has 1 N–H and O–H groups in total. The fourth-order valence-corrected chi connectivity index (χ4v) is 4.21. The van der Waals surface area contributed by atoms with Gasteiger partial charge in [0.25, 0.3) is 0 Å². The minimum atomic E-state index is -4.81. The largest absolute Gasteiger partial charge is 0.434 e. The van der Waals surface area contributed by atoms with Crippen LogP contribution in [0, 0.1) is 5.92 Å². The van der Waals surface area contributed by atoms with Crippen molar-refractivity contribution in [3.8, 4) is 0 Å². The maximum atomic E-state index is 12.7. The van der Waals surface area contributed by atoms with Gasteiger partial charge < -0.3 is 24.4 Å². The lowest BCUT2D eigenvalue weighted by Crippen LogP contribution is -2.49. The average molecular weight is 422 g/mol. The van der Waals surface area contributed by atoms with E-state index in [2.05, 4.69) is 4.74 Å². The number of likely N-dealkylation sites (tertiary alicyclic amines) is 1. The third-order valence-corrected chi connectivity index (χ3v) is 6.53. The molecule has 1 aliphatic carbocycles. The molecule has 1 saturated carbocycles. The Bertz CT molecular complexity index is 603. The number of alkyl halides is 3. The Morgan fingerprint density at radius 1 is 1.31 bits per heavy atom. The van der Waals surface area contributed by atoms with Gasteiger partial charge in [-0.2, -0.15) is 13.2 Å². The molecule has 3 aliphatic rings. The zero-order chi connectivity index (χ0) is 21.2. The molecule has 0 radical (unpaired) electrons. The molecular formula is C19H29F3N2O5. The number of aliphatic hydroxyl groups is 1. The van der Waals surface area contributed by atoms with Crippen molar-refractivity contribution in [1.29, 1.82) is 0 Å². The first-order chi connectivity index (χ1) is 13.6. The van der Waals surface area contributed by atoms with Gasteiger partial charge in [0.15, 0.2) is 0 Å². The number of aliphatic hydroxyl groups excluding tert-OH is 1. The maximum absolute atomic E-state index is 12.7. The van der Waals surface area contributed by atoms with Crippen LogP contribution >= 0.6 is 0 Å². The number of nitrogens with zero attached hydrogens (tertiary/aromatic N) is 2. The number of ether oxygens (including phenoxy) is 2. The smallest absolute Gasteiger partial charge is 0.427 e. The van der Waals surface area contributed by atoms with Crippen LogP contribution < -0.4 is 0 Å². The highest BCUT2D eigenvalue weighted by Gasteiger charge is 2.47. The molecule has 0 aromatic heterocycles. The minimum absolute atomic E-state index is 0.0231. The molecule has 2 amide bonds. The molecule has 29 heavy (non-hydrogen) atoms. The van der Waals surface area contributed by atoms with E-state index in [1.807, 2.05) is 0 Å². The number of amides is 2. The van der Waals surface area contributed by atoms with Crippen molar-refractivity contribution >= 4 is 12.0 Å². The van der Waals surface area contributed by atoms with Gasteiger partial charge in [-0.05, 0) is 38.0 Å². The Balaban J connectivity index is 1.47. The second-order valence-electron chi connectivity index (χ2n) is 8.44. The van der Waals surface area contributed by atoms with Crippen LogP contribution in [0.15, 0.2) is 0 Å².